The molecule has 0 saturated carbocycles. The minimum atomic E-state index is -0.363. The highest BCUT2D eigenvalue weighted by Crippen LogP contribution is 2.20. The number of rotatable bonds is 5. The average Bonchev–Trinajstić information content (AvgIpc) is 2.90. The van der Waals surface area contributed by atoms with Crippen molar-refractivity contribution in [1.82, 2.24) is 10.2 Å². The first-order chi connectivity index (χ1) is 9.89. The third-order valence-corrected chi connectivity index (χ3v) is 3.47. The van der Waals surface area contributed by atoms with Crippen molar-refractivity contribution in [2.45, 2.75) is 38.5 Å². The fourth-order valence-electron chi connectivity index (χ4n) is 2.73. The molecular formula is C15H24N2O4. The third kappa shape index (κ3) is 4.56. The summed E-state index contributed by atoms with van der Waals surface area (Å²) in [5.74, 6) is 0.673. The first kappa shape index (κ1) is 16.0. The Morgan fingerprint density at radius 3 is 3.00 bits per heavy atom. The summed E-state index contributed by atoms with van der Waals surface area (Å²) in [6.45, 7) is 7.28. The quantitative estimate of drug-likeness (QED) is 0.845. The molecule has 1 aliphatic rings. The lowest BCUT2D eigenvalue weighted by atomic mass is 10.1. The van der Waals surface area contributed by atoms with E-state index in [4.69, 9.17) is 9.15 Å². The van der Waals surface area contributed by atoms with Crippen molar-refractivity contribution in [2.75, 3.05) is 26.2 Å². The van der Waals surface area contributed by atoms with Gasteiger partial charge in [-0.05, 0) is 32.9 Å². The van der Waals surface area contributed by atoms with Crippen LogP contribution in [0.4, 0.5) is 0 Å². The van der Waals surface area contributed by atoms with E-state index in [0.717, 1.165) is 5.76 Å². The van der Waals surface area contributed by atoms with Gasteiger partial charge in [0.1, 0.15) is 5.76 Å². The molecule has 2 unspecified atom stereocenters. The van der Waals surface area contributed by atoms with Gasteiger partial charge in [0, 0.05) is 13.1 Å². The molecule has 2 atom stereocenters. The molecule has 1 amide bonds. The molecule has 1 aliphatic heterocycles. The first-order valence-corrected chi connectivity index (χ1v) is 7.23. The fourth-order valence-corrected chi connectivity index (χ4v) is 2.73. The van der Waals surface area contributed by atoms with Crippen LogP contribution in [0.3, 0.4) is 0 Å². The summed E-state index contributed by atoms with van der Waals surface area (Å²) in [4.78, 5) is 14.1. The smallest absolute Gasteiger partial charge is 0.234 e. The van der Waals surface area contributed by atoms with Crippen molar-refractivity contribution in [3.05, 3.63) is 24.2 Å². The maximum atomic E-state index is 12.1. The van der Waals surface area contributed by atoms with Gasteiger partial charge in [0.05, 0.1) is 37.2 Å². The first-order valence-electron chi connectivity index (χ1n) is 7.23. The topological polar surface area (TPSA) is 74.9 Å². The fraction of sp³-hybridized carbons (Fsp3) is 0.667. The van der Waals surface area contributed by atoms with Gasteiger partial charge in [0.25, 0.3) is 0 Å². The largest absolute Gasteiger partial charge is 0.467 e. The second-order valence-corrected chi connectivity index (χ2v) is 6.16. The minimum Gasteiger partial charge on any atom is -0.467 e. The zero-order valence-electron chi connectivity index (χ0n) is 12.8. The number of aliphatic hydroxyl groups excluding tert-OH is 1. The van der Waals surface area contributed by atoms with E-state index < -0.39 is 0 Å². The number of ether oxygens (including phenoxy) is 1. The SMILES string of the molecule is CC(NC(=O)CN1CC(CO)OC(C)(C)C1)c1ccco1. The molecule has 0 aliphatic carbocycles. The van der Waals surface area contributed by atoms with Gasteiger partial charge in [-0.1, -0.05) is 0 Å². The number of nitrogens with one attached hydrogen (secondary N) is 1. The summed E-state index contributed by atoms with van der Waals surface area (Å²) in [6.07, 6.45) is 1.35. The Hall–Kier alpha value is -1.37. The van der Waals surface area contributed by atoms with Crippen LogP contribution in [0.5, 0.6) is 0 Å². The van der Waals surface area contributed by atoms with Gasteiger partial charge < -0.3 is 19.6 Å². The molecule has 21 heavy (non-hydrogen) atoms. The van der Waals surface area contributed by atoms with Crippen molar-refractivity contribution in [3.8, 4) is 0 Å². The summed E-state index contributed by atoms with van der Waals surface area (Å²) in [5, 5.41) is 12.2. The highest BCUT2D eigenvalue weighted by atomic mass is 16.5. The Morgan fingerprint density at radius 2 is 2.38 bits per heavy atom. The molecule has 6 heteroatoms. The number of furan rings is 1. The number of carbonyl (C=O) groups is 1. The van der Waals surface area contributed by atoms with Crippen molar-refractivity contribution >= 4 is 5.91 Å². The number of hydrogen-bond acceptors (Lipinski definition) is 5. The highest BCUT2D eigenvalue weighted by molar-refractivity contribution is 5.78. The third-order valence-electron chi connectivity index (χ3n) is 3.47. The molecule has 1 saturated heterocycles. The number of morpholine rings is 1. The molecule has 2 rings (SSSR count). The van der Waals surface area contributed by atoms with Crippen molar-refractivity contribution < 1.29 is 19.1 Å². The Kier molecular flexibility index (Phi) is 5.03. The summed E-state index contributed by atoms with van der Waals surface area (Å²) >= 11 is 0. The summed E-state index contributed by atoms with van der Waals surface area (Å²) in [5.41, 5.74) is -0.363. The van der Waals surface area contributed by atoms with Crippen LogP contribution in [-0.2, 0) is 9.53 Å². The maximum Gasteiger partial charge on any atom is 0.234 e. The second kappa shape index (κ2) is 6.60. The molecule has 118 valence electrons. The number of hydrogen-bond donors (Lipinski definition) is 2. The number of aliphatic hydroxyl groups is 1. The van der Waals surface area contributed by atoms with Crippen LogP contribution in [-0.4, -0.2) is 53.9 Å². The van der Waals surface area contributed by atoms with Gasteiger partial charge >= 0.3 is 0 Å². The maximum absolute atomic E-state index is 12.1. The average molecular weight is 296 g/mol. The van der Waals surface area contributed by atoms with Gasteiger partial charge in [0.2, 0.25) is 5.91 Å². The van der Waals surface area contributed by atoms with Gasteiger partial charge in [-0.25, -0.2) is 0 Å². The molecule has 1 aromatic heterocycles. The Balaban J connectivity index is 1.87. The molecular weight excluding hydrogens is 272 g/mol. The predicted molar refractivity (Wildman–Crippen MR) is 77.7 cm³/mol. The van der Waals surface area contributed by atoms with Crippen molar-refractivity contribution in [1.29, 1.82) is 0 Å². The van der Waals surface area contributed by atoms with Crippen LogP contribution in [0.15, 0.2) is 22.8 Å². The molecule has 2 heterocycles. The number of nitrogens with zero attached hydrogens (tertiary/aromatic N) is 1. The molecule has 1 fully saturated rings. The van der Waals surface area contributed by atoms with Gasteiger partial charge in [0.15, 0.2) is 0 Å². The van der Waals surface area contributed by atoms with E-state index in [1.807, 2.05) is 31.7 Å². The normalized spacial score (nSPS) is 23.7. The second-order valence-electron chi connectivity index (χ2n) is 6.16. The molecule has 6 nitrogen and oxygen atoms in total. The van der Waals surface area contributed by atoms with Crippen LogP contribution in [0.25, 0.3) is 0 Å². The van der Waals surface area contributed by atoms with Crippen molar-refractivity contribution in [2.24, 2.45) is 0 Å². The summed E-state index contributed by atoms with van der Waals surface area (Å²) in [7, 11) is 0. The Morgan fingerprint density at radius 1 is 1.62 bits per heavy atom. The van der Waals surface area contributed by atoms with Crippen LogP contribution < -0.4 is 5.32 Å². The van der Waals surface area contributed by atoms with E-state index in [9.17, 15) is 9.90 Å². The van der Waals surface area contributed by atoms with Crippen LogP contribution >= 0.6 is 0 Å². The molecule has 1 aromatic rings. The zero-order chi connectivity index (χ0) is 15.5. The molecule has 0 bridgehead atoms. The molecule has 0 radical (unpaired) electrons. The molecule has 0 spiro atoms. The van der Waals surface area contributed by atoms with Crippen LogP contribution in [0.2, 0.25) is 0 Å². The van der Waals surface area contributed by atoms with E-state index in [2.05, 4.69) is 5.32 Å². The molecule has 2 N–H and O–H groups in total. The minimum absolute atomic E-state index is 0.0374. The standard InChI is InChI=1S/C15H24N2O4/c1-11(13-5-4-6-20-13)16-14(19)8-17-7-12(9-18)21-15(2,3)10-17/h4-6,11-12,18H,7-10H2,1-3H3,(H,16,19). The van der Waals surface area contributed by atoms with E-state index in [0.29, 0.717) is 13.1 Å². The lowest BCUT2D eigenvalue weighted by molar-refractivity contribution is -0.153. The van der Waals surface area contributed by atoms with E-state index in [-0.39, 0.29) is 36.8 Å². The Bertz CT molecular complexity index is 458. The summed E-state index contributed by atoms with van der Waals surface area (Å²) < 4.78 is 11.0. The number of carbonyl (C=O) groups excluding carboxylic acids is 1. The number of amides is 1. The lowest BCUT2D eigenvalue weighted by Crippen LogP contribution is -2.55. The van der Waals surface area contributed by atoms with E-state index in [1.54, 1.807) is 12.3 Å². The van der Waals surface area contributed by atoms with Crippen LogP contribution in [0, 0.1) is 0 Å². The van der Waals surface area contributed by atoms with Crippen LogP contribution in [0.1, 0.15) is 32.6 Å². The predicted octanol–water partition coefficient (Wildman–Crippen LogP) is 0.929. The summed E-state index contributed by atoms with van der Waals surface area (Å²) in [6, 6.07) is 3.48. The van der Waals surface area contributed by atoms with E-state index >= 15 is 0 Å². The van der Waals surface area contributed by atoms with E-state index in [1.165, 1.54) is 0 Å². The monoisotopic (exact) mass is 296 g/mol. The van der Waals surface area contributed by atoms with Gasteiger partial charge in [-0.15, -0.1) is 0 Å². The zero-order valence-corrected chi connectivity index (χ0v) is 12.8. The Labute approximate surface area is 125 Å². The van der Waals surface area contributed by atoms with Crippen molar-refractivity contribution in [3.63, 3.8) is 0 Å². The lowest BCUT2D eigenvalue weighted by Gasteiger charge is -2.42. The molecule has 0 aromatic carbocycles. The van der Waals surface area contributed by atoms with Gasteiger partial charge in [-0.3, -0.25) is 9.69 Å². The highest BCUT2D eigenvalue weighted by Gasteiger charge is 2.33. The van der Waals surface area contributed by atoms with Gasteiger partial charge in [-0.2, -0.15) is 0 Å².